The van der Waals surface area contributed by atoms with Crippen molar-refractivity contribution in [2.75, 3.05) is 0 Å². The van der Waals surface area contributed by atoms with Gasteiger partial charge in [0.25, 0.3) is 0 Å². The number of nitrogens with zero attached hydrogens (tertiary/aromatic N) is 2. The van der Waals surface area contributed by atoms with Crippen molar-refractivity contribution in [1.29, 1.82) is 5.26 Å². The molecule has 2 rings (SSSR count). The average molecular weight is 333 g/mol. The zero-order valence-corrected chi connectivity index (χ0v) is 12.7. The third-order valence-corrected chi connectivity index (χ3v) is 3.51. The van der Waals surface area contributed by atoms with Gasteiger partial charge in [-0.2, -0.15) is 5.26 Å². The minimum absolute atomic E-state index is 0.0392. The molecule has 1 atom stereocenters. The molecule has 0 aliphatic carbocycles. The Morgan fingerprint density at radius 3 is 2.65 bits per heavy atom. The van der Waals surface area contributed by atoms with Gasteiger partial charge < -0.3 is 5.32 Å². The van der Waals surface area contributed by atoms with Crippen LogP contribution in [-0.2, 0) is 4.79 Å². The fourth-order valence-electron chi connectivity index (χ4n) is 2.14. The molecule has 1 heterocycles. The number of carbonyl (C=O) groups is 1. The molecule has 0 saturated heterocycles. The first-order valence-electron chi connectivity index (χ1n) is 6.00. The average Bonchev–Trinajstić information content (AvgIpc) is 2.38. The maximum absolute atomic E-state index is 11.9. The van der Waals surface area contributed by atoms with Crippen molar-refractivity contribution in [1.82, 2.24) is 10.6 Å². The Bertz CT molecular complexity index is 640. The molecule has 2 N–H and O–H groups in total. The number of hydrogen-bond donors (Lipinski definition) is 2. The molecule has 102 valence electrons. The number of Topliss-reactive ketones (excluding diaryl/α,β-unsaturated/α-hetero) is 1. The second-order valence-corrected chi connectivity index (χ2v) is 5.30. The van der Waals surface area contributed by atoms with Crippen LogP contribution >= 0.6 is 15.9 Å². The molecular formula is C14H13BrN4O. The summed E-state index contributed by atoms with van der Waals surface area (Å²) in [5.74, 6) is 0.311. The molecule has 5 nitrogen and oxygen atoms in total. The molecule has 0 aromatic heterocycles. The van der Waals surface area contributed by atoms with Gasteiger partial charge in [0.15, 0.2) is 12.0 Å². The summed E-state index contributed by atoms with van der Waals surface area (Å²) < 4.78 is 0.958. The summed E-state index contributed by atoms with van der Waals surface area (Å²) in [7, 11) is 0. The SMILES string of the molecule is CC(=O)C1=C(C)NC(NC#N)=N[C@@H]1c1ccc(Br)cc1. The van der Waals surface area contributed by atoms with Gasteiger partial charge in [-0.1, -0.05) is 28.1 Å². The van der Waals surface area contributed by atoms with E-state index in [0.29, 0.717) is 17.2 Å². The van der Waals surface area contributed by atoms with Crippen LogP contribution in [0.5, 0.6) is 0 Å². The number of allylic oxidation sites excluding steroid dienone is 1. The van der Waals surface area contributed by atoms with E-state index in [1.807, 2.05) is 30.5 Å². The fraction of sp³-hybridized carbons (Fsp3) is 0.214. The van der Waals surface area contributed by atoms with E-state index in [1.165, 1.54) is 6.92 Å². The number of nitrogens with one attached hydrogen (secondary N) is 2. The lowest BCUT2D eigenvalue weighted by atomic mass is 9.94. The lowest BCUT2D eigenvalue weighted by molar-refractivity contribution is -0.113. The van der Waals surface area contributed by atoms with Gasteiger partial charge in [-0.05, 0) is 31.5 Å². The molecule has 6 heteroatoms. The molecule has 20 heavy (non-hydrogen) atoms. The lowest BCUT2D eigenvalue weighted by Crippen LogP contribution is -2.38. The molecule has 0 radical (unpaired) electrons. The number of nitriles is 1. The van der Waals surface area contributed by atoms with Crippen LogP contribution in [0, 0.1) is 11.5 Å². The quantitative estimate of drug-likeness (QED) is 0.643. The maximum atomic E-state index is 11.9. The van der Waals surface area contributed by atoms with Gasteiger partial charge in [0.05, 0.1) is 0 Å². The van der Waals surface area contributed by atoms with Gasteiger partial charge in [-0.15, -0.1) is 0 Å². The molecule has 0 spiro atoms. The summed E-state index contributed by atoms with van der Waals surface area (Å²) in [6.07, 6.45) is 1.82. The van der Waals surface area contributed by atoms with Crippen molar-refractivity contribution in [2.45, 2.75) is 19.9 Å². The topological polar surface area (TPSA) is 77.3 Å². The van der Waals surface area contributed by atoms with Crippen molar-refractivity contribution < 1.29 is 4.79 Å². The number of halogens is 1. The van der Waals surface area contributed by atoms with Crippen molar-refractivity contribution in [3.63, 3.8) is 0 Å². The Morgan fingerprint density at radius 1 is 1.45 bits per heavy atom. The van der Waals surface area contributed by atoms with Crippen LogP contribution in [-0.4, -0.2) is 11.7 Å². The minimum atomic E-state index is -0.405. The summed E-state index contributed by atoms with van der Waals surface area (Å²) >= 11 is 3.38. The lowest BCUT2D eigenvalue weighted by Gasteiger charge is -2.25. The first-order valence-corrected chi connectivity index (χ1v) is 6.79. The molecule has 0 bridgehead atoms. The molecule has 1 aliphatic heterocycles. The van der Waals surface area contributed by atoms with Crippen molar-refractivity contribution in [3.05, 3.63) is 45.6 Å². The van der Waals surface area contributed by atoms with Crippen LogP contribution in [0.4, 0.5) is 0 Å². The first kappa shape index (κ1) is 14.3. The third-order valence-electron chi connectivity index (χ3n) is 2.98. The summed E-state index contributed by atoms with van der Waals surface area (Å²) in [5, 5.41) is 14.1. The largest absolute Gasteiger partial charge is 0.329 e. The Morgan fingerprint density at radius 2 is 2.10 bits per heavy atom. The number of carbonyl (C=O) groups excluding carboxylic acids is 1. The minimum Gasteiger partial charge on any atom is -0.329 e. The molecule has 1 aromatic carbocycles. The van der Waals surface area contributed by atoms with E-state index in [4.69, 9.17) is 5.26 Å². The number of hydrogen-bond acceptors (Lipinski definition) is 5. The van der Waals surface area contributed by atoms with Gasteiger partial charge in [-0.25, -0.2) is 4.99 Å². The van der Waals surface area contributed by atoms with Gasteiger partial charge in [0, 0.05) is 15.7 Å². The smallest absolute Gasteiger partial charge is 0.209 e. The predicted octanol–water partition coefficient (Wildman–Crippen LogP) is 2.38. The molecule has 1 aliphatic rings. The molecule has 0 unspecified atom stereocenters. The highest BCUT2D eigenvalue weighted by Crippen LogP contribution is 2.31. The van der Waals surface area contributed by atoms with Crippen molar-refractivity contribution in [3.8, 4) is 6.19 Å². The van der Waals surface area contributed by atoms with Crippen LogP contribution in [0.25, 0.3) is 0 Å². The molecule has 1 aromatic rings. The van der Waals surface area contributed by atoms with E-state index in [1.54, 1.807) is 6.92 Å². The van der Waals surface area contributed by atoms with E-state index in [-0.39, 0.29) is 5.78 Å². The second kappa shape index (κ2) is 5.88. The fourth-order valence-corrected chi connectivity index (χ4v) is 2.40. The third kappa shape index (κ3) is 2.89. The standard InChI is InChI=1S/C14H13BrN4O/c1-8-12(9(2)20)13(19-14(18-8)17-7-16)10-3-5-11(15)6-4-10/h3-6,13H,1-2H3,(H2,17,18,19)/t13-/m1/s1. The van der Waals surface area contributed by atoms with Crippen molar-refractivity contribution in [2.24, 2.45) is 4.99 Å². The van der Waals surface area contributed by atoms with Gasteiger partial charge >= 0.3 is 0 Å². The predicted molar refractivity (Wildman–Crippen MR) is 79.6 cm³/mol. The Kier molecular flexibility index (Phi) is 4.20. The Balaban J connectivity index is 2.48. The molecule has 0 amide bonds. The summed E-state index contributed by atoms with van der Waals surface area (Å²) in [4.78, 5) is 16.3. The van der Waals surface area contributed by atoms with Gasteiger partial charge in [0.1, 0.15) is 6.04 Å². The molecular weight excluding hydrogens is 320 g/mol. The highest BCUT2D eigenvalue weighted by molar-refractivity contribution is 9.10. The first-order chi connectivity index (χ1) is 9.52. The second-order valence-electron chi connectivity index (χ2n) is 4.39. The van der Waals surface area contributed by atoms with Crippen LogP contribution < -0.4 is 10.6 Å². The van der Waals surface area contributed by atoms with Gasteiger partial charge in [0.2, 0.25) is 5.96 Å². The van der Waals surface area contributed by atoms with E-state index in [9.17, 15) is 4.79 Å². The monoisotopic (exact) mass is 332 g/mol. The summed E-state index contributed by atoms with van der Waals surface area (Å²) in [6.45, 7) is 3.32. The molecule has 0 fully saturated rings. The van der Waals surface area contributed by atoms with E-state index >= 15 is 0 Å². The zero-order chi connectivity index (χ0) is 14.7. The van der Waals surface area contributed by atoms with Gasteiger partial charge in [-0.3, -0.25) is 10.1 Å². The number of rotatable bonds is 2. The number of ketones is 1. The van der Waals surface area contributed by atoms with Crippen LogP contribution in [0.1, 0.15) is 25.5 Å². The van der Waals surface area contributed by atoms with Crippen LogP contribution in [0.15, 0.2) is 45.0 Å². The molecule has 0 saturated carbocycles. The zero-order valence-electron chi connectivity index (χ0n) is 11.1. The summed E-state index contributed by atoms with van der Waals surface area (Å²) in [6, 6.07) is 7.21. The van der Waals surface area contributed by atoms with Crippen LogP contribution in [0.3, 0.4) is 0 Å². The highest BCUT2D eigenvalue weighted by Gasteiger charge is 2.26. The normalized spacial score (nSPS) is 17.9. The van der Waals surface area contributed by atoms with Crippen molar-refractivity contribution >= 4 is 27.7 Å². The summed E-state index contributed by atoms with van der Waals surface area (Å²) in [5.41, 5.74) is 2.21. The Labute approximate surface area is 125 Å². The maximum Gasteiger partial charge on any atom is 0.209 e. The van der Waals surface area contributed by atoms with E-state index in [0.717, 1.165) is 10.0 Å². The number of benzene rings is 1. The highest BCUT2D eigenvalue weighted by atomic mass is 79.9. The number of guanidine groups is 1. The van der Waals surface area contributed by atoms with Crippen LogP contribution in [0.2, 0.25) is 0 Å². The number of aliphatic imine (C=N–C) groups is 1. The Hall–Kier alpha value is -2.13. The van der Waals surface area contributed by atoms with E-state index < -0.39 is 6.04 Å². The van der Waals surface area contributed by atoms with E-state index in [2.05, 4.69) is 31.6 Å².